The van der Waals surface area contributed by atoms with Gasteiger partial charge < -0.3 is 5.32 Å². The lowest BCUT2D eigenvalue weighted by molar-refractivity contribution is 0.103. The lowest BCUT2D eigenvalue weighted by atomic mass is 10.2. The second-order valence-electron chi connectivity index (χ2n) is 7.03. The van der Waals surface area contributed by atoms with E-state index in [9.17, 15) is 9.18 Å². The van der Waals surface area contributed by atoms with E-state index >= 15 is 0 Å². The fourth-order valence-corrected chi connectivity index (χ4v) is 4.46. The van der Waals surface area contributed by atoms with Gasteiger partial charge in [0.05, 0.1) is 38.8 Å². The number of aromatic nitrogens is 4. The standard InChI is InChI=1S/C21H18BrClFN5OS/c1-12-19(23)13(2)29(26-12)8-14-7-18(31-11-14)21(30)25-20-16(22)10-28(27-20)9-15-5-3-4-6-17(15)24/h3-7,10-11H,8-9H2,1-2H3,(H,25,27,30). The Balaban J connectivity index is 1.45. The first kappa shape index (κ1) is 21.7. The van der Waals surface area contributed by atoms with Crippen LogP contribution in [0.25, 0.3) is 0 Å². The minimum absolute atomic E-state index is 0.259. The Kier molecular flexibility index (Phi) is 6.27. The average molecular weight is 523 g/mol. The number of nitrogens with zero attached hydrogens (tertiary/aromatic N) is 4. The molecule has 0 atom stereocenters. The van der Waals surface area contributed by atoms with E-state index in [0.717, 1.165) is 17.0 Å². The van der Waals surface area contributed by atoms with Crippen LogP contribution in [-0.4, -0.2) is 25.5 Å². The number of rotatable bonds is 6. The molecule has 1 amide bonds. The third kappa shape index (κ3) is 4.73. The summed E-state index contributed by atoms with van der Waals surface area (Å²) in [6, 6.07) is 8.35. The van der Waals surface area contributed by atoms with E-state index in [4.69, 9.17) is 11.6 Å². The molecule has 0 radical (unpaired) electrons. The quantitative estimate of drug-likeness (QED) is 0.355. The largest absolute Gasteiger partial charge is 0.303 e. The molecule has 3 heterocycles. The molecule has 6 nitrogen and oxygen atoms in total. The van der Waals surface area contributed by atoms with Crippen molar-refractivity contribution in [1.29, 1.82) is 0 Å². The smallest absolute Gasteiger partial charge is 0.266 e. The summed E-state index contributed by atoms with van der Waals surface area (Å²) in [5.41, 5.74) is 3.15. The predicted octanol–water partition coefficient (Wildman–Crippen LogP) is 5.66. The van der Waals surface area contributed by atoms with Gasteiger partial charge in [-0.2, -0.15) is 10.2 Å². The second-order valence-corrected chi connectivity index (χ2v) is 9.17. The highest BCUT2D eigenvalue weighted by Gasteiger charge is 2.16. The Bertz CT molecular complexity index is 1260. The van der Waals surface area contributed by atoms with Crippen LogP contribution in [0.4, 0.5) is 10.2 Å². The molecule has 31 heavy (non-hydrogen) atoms. The molecule has 1 aromatic carbocycles. The fraction of sp³-hybridized carbons (Fsp3) is 0.190. The van der Waals surface area contributed by atoms with Crippen LogP contribution >= 0.6 is 38.9 Å². The molecule has 1 N–H and O–H groups in total. The number of thiophene rings is 1. The van der Waals surface area contributed by atoms with Crippen LogP contribution in [-0.2, 0) is 13.1 Å². The summed E-state index contributed by atoms with van der Waals surface area (Å²) in [6.45, 7) is 4.57. The van der Waals surface area contributed by atoms with E-state index in [-0.39, 0.29) is 18.3 Å². The van der Waals surface area contributed by atoms with Gasteiger partial charge in [0, 0.05) is 11.8 Å². The molecular weight excluding hydrogens is 505 g/mol. The van der Waals surface area contributed by atoms with Crippen LogP contribution in [0.1, 0.15) is 32.2 Å². The zero-order valence-corrected chi connectivity index (χ0v) is 19.9. The summed E-state index contributed by atoms with van der Waals surface area (Å²) < 4.78 is 17.9. The van der Waals surface area contributed by atoms with E-state index in [1.165, 1.54) is 17.4 Å². The molecule has 160 valence electrons. The molecule has 4 aromatic rings. The number of halogens is 3. The number of hydrogen-bond donors (Lipinski definition) is 1. The van der Waals surface area contributed by atoms with E-state index < -0.39 is 0 Å². The van der Waals surface area contributed by atoms with Gasteiger partial charge in [-0.05, 0) is 52.9 Å². The minimum atomic E-state index is -0.297. The maximum Gasteiger partial charge on any atom is 0.266 e. The van der Waals surface area contributed by atoms with Crippen molar-refractivity contribution in [2.75, 3.05) is 5.32 Å². The first-order valence-corrected chi connectivity index (χ1v) is 11.4. The fourth-order valence-electron chi connectivity index (χ4n) is 3.11. The number of carbonyl (C=O) groups is 1. The monoisotopic (exact) mass is 521 g/mol. The summed E-state index contributed by atoms with van der Waals surface area (Å²) in [6.07, 6.45) is 1.70. The van der Waals surface area contributed by atoms with Crippen molar-refractivity contribution in [2.24, 2.45) is 0 Å². The van der Waals surface area contributed by atoms with Crippen LogP contribution in [0.3, 0.4) is 0 Å². The average Bonchev–Trinajstić information content (AvgIpc) is 3.40. The number of hydrogen-bond acceptors (Lipinski definition) is 4. The SMILES string of the molecule is Cc1nn(Cc2csc(C(=O)Nc3nn(Cc4ccccc4F)cc3Br)c2)c(C)c1Cl. The summed E-state index contributed by atoms with van der Waals surface area (Å²) >= 11 is 11.0. The highest BCUT2D eigenvalue weighted by molar-refractivity contribution is 9.10. The summed E-state index contributed by atoms with van der Waals surface area (Å²) in [5.74, 6) is -0.184. The van der Waals surface area contributed by atoms with Gasteiger partial charge in [0.25, 0.3) is 5.91 Å². The second kappa shape index (κ2) is 8.94. The molecular formula is C21H18BrClFN5OS. The van der Waals surface area contributed by atoms with Gasteiger partial charge in [-0.15, -0.1) is 11.3 Å². The zero-order chi connectivity index (χ0) is 22.1. The number of benzene rings is 1. The molecule has 0 bridgehead atoms. The first-order chi connectivity index (χ1) is 14.8. The third-order valence-corrected chi connectivity index (χ3v) is 6.85. The Morgan fingerprint density at radius 1 is 1.26 bits per heavy atom. The van der Waals surface area contributed by atoms with Crippen LogP contribution in [0.5, 0.6) is 0 Å². The van der Waals surface area contributed by atoms with Gasteiger partial charge in [0.2, 0.25) is 0 Å². The Morgan fingerprint density at radius 2 is 2.03 bits per heavy atom. The van der Waals surface area contributed by atoms with E-state index in [1.54, 1.807) is 29.1 Å². The Hall–Kier alpha value is -2.49. The van der Waals surface area contributed by atoms with Crippen molar-refractivity contribution >= 4 is 50.6 Å². The normalized spacial score (nSPS) is 11.1. The van der Waals surface area contributed by atoms with Crippen molar-refractivity contribution < 1.29 is 9.18 Å². The molecule has 0 saturated carbocycles. The van der Waals surface area contributed by atoms with Gasteiger partial charge in [-0.3, -0.25) is 14.2 Å². The summed E-state index contributed by atoms with van der Waals surface area (Å²) in [7, 11) is 0. The molecule has 10 heteroatoms. The number of amides is 1. The molecule has 3 aromatic heterocycles. The van der Waals surface area contributed by atoms with Crippen molar-refractivity contribution in [1.82, 2.24) is 19.6 Å². The lowest BCUT2D eigenvalue weighted by Crippen LogP contribution is -2.12. The van der Waals surface area contributed by atoms with E-state index in [1.807, 2.05) is 30.0 Å². The maximum absolute atomic E-state index is 13.9. The Labute approximate surface area is 195 Å². The highest BCUT2D eigenvalue weighted by Crippen LogP contribution is 2.25. The van der Waals surface area contributed by atoms with E-state index in [0.29, 0.717) is 32.3 Å². The van der Waals surface area contributed by atoms with Gasteiger partial charge in [0.1, 0.15) is 5.82 Å². The molecule has 4 rings (SSSR count). The molecule has 0 aliphatic heterocycles. The molecule has 0 aliphatic rings. The molecule has 0 aliphatic carbocycles. The van der Waals surface area contributed by atoms with Crippen molar-refractivity contribution in [3.8, 4) is 0 Å². The van der Waals surface area contributed by atoms with Gasteiger partial charge >= 0.3 is 0 Å². The minimum Gasteiger partial charge on any atom is -0.303 e. The predicted molar refractivity (Wildman–Crippen MR) is 124 cm³/mol. The van der Waals surface area contributed by atoms with Gasteiger partial charge in [-0.25, -0.2) is 4.39 Å². The third-order valence-electron chi connectivity index (χ3n) is 4.74. The van der Waals surface area contributed by atoms with Crippen molar-refractivity contribution in [3.63, 3.8) is 0 Å². The topological polar surface area (TPSA) is 64.7 Å². The lowest BCUT2D eigenvalue weighted by Gasteiger charge is -2.03. The molecule has 0 spiro atoms. The zero-order valence-electron chi connectivity index (χ0n) is 16.7. The molecule has 0 fully saturated rings. The number of nitrogens with one attached hydrogen (secondary N) is 1. The summed E-state index contributed by atoms with van der Waals surface area (Å²) in [4.78, 5) is 13.3. The molecule has 0 saturated heterocycles. The summed E-state index contributed by atoms with van der Waals surface area (Å²) in [5, 5.41) is 14.2. The maximum atomic E-state index is 13.9. The van der Waals surface area contributed by atoms with Crippen LogP contribution < -0.4 is 5.32 Å². The molecule has 0 unspecified atom stereocenters. The van der Waals surface area contributed by atoms with Crippen LogP contribution in [0.2, 0.25) is 5.02 Å². The number of carbonyl (C=O) groups excluding carboxylic acids is 1. The first-order valence-electron chi connectivity index (χ1n) is 9.36. The van der Waals surface area contributed by atoms with Crippen LogP contribution in [0, 0.1) is 19.7 Å². The van der Waals surface area contributed by atoms with Gasteiger partial charge in [-0.1, -0.05) is 29.8 Å². The van der Waals surface area contributed by atoms with E-state index in [2.05, 4.69) is 31.4 Å². The van der Waals surface area contributed by atoms with Crippen molar-refractivity contribution in [3.05, 3.63) is 84.6 Å². The number of anilines is 1. The van der Waals surface area contributed by atoms with Crippen molar-refractivity contribution in [2.45, 2.75) is 26.9 Å². The highest BCUT2D eigenvalue weighted by atomic mass is 79.9. The Morgan fingerprint density at radius 3 is 2.74 bits per heavy atom. The number of aryl methyl sites for hydroxylation is 1. The van der Waals surface area contributed by atoms with Gasteiger partial charge in [0.15, 0.2) is 5.82 Å². The van der Waals surface area contributed by atoms with Crippen LogP contribution in [0.15, 0.2) is 46.4 Å².